The van der Waals surface area contributed by atoms with Gasteiger partial charge in [0, 0.05) is 81.4 Å². The van der Waals surface area contributed by atoms with Crippen LogP contribution in [-0.4, -0.2) is 352 Å². The number of likely N-dealkylation sites (N-methyl/N-ethyl adjacent to an activating group) is 11. The van der Waals surface area contributed by atoms with E-state index in [1.165, 1.54) is 91.8 Å². The predicted octanol–water partition coefficient (Wildman–Crippen LogP) is 5.16. The van der Waals surface area contributed by atoms with E-state index in [9.17, 15) is 102 Å². The minimum absolute atomic E-state index is 0.0671. The maximum Gasteiger partial charge on any atom is 0.246 e. The number of primary amides is 1. The highest BCUT2D eigenvalue weighted by molar-refractivity contribution is 5.96. The van der Waals surface area contributed by atoms with Crippen LogP contribution in [0.5, 0.6) is 28.7 Å². The molecule has 0 unspecified atom stereocenters. The zero-order chi connectivity index (χ0) is 114. The summed E-state index contributed by atoms with van der Waals surface area (Å²) in [5, 5.41) is 101. The number of nitrogens with zero attached hydrogens (tertiary/aromatic N) is 9. The van der Waals surface area contributed by atoms with E-state index in [4.69, 9.17) is 21.7 Å². The van der Waals surface area contributed by atoms with Crippen LogP contribution in [0.25, 0.3) is 0 Å². The minimum Gasteiger partial charge on any atom is -0.508 e. The van der Waals surface area contributed by atoms with Gasteiger partial charge in [0.1, 0.15) is 110 Å². The van der Waals surface area contributed by atoms with Crippen LogP contribution in [0, 0.1) is 75.8 Å². The second-order valence-electron chi connectivity index (χ2n) is 39.8. The maximum atomic E-state index is 13.8. The van der Waals surface area contributed by atoms with Crippen molar-refractivity contribution in [2.45, 2.75) is 221 Å². The lowest BCUT2D eigenvalue weighted by atomic mass is 9.96. The molecule has 0 aliphatic heterocycles. The molecular formula is C110H165F2N17O21. The van der Waals surface area contributed by atoms with Gasteiger partial charge in [0.2, 0.25) is 70.9 Å². The molecule has 7 aromatic rings. The van der Waals surface area contributed by atoms with Crippen LogP contribution in [0.3, 0.4) is 0 Å². The van der Waals surface area contributed by atoms with Gasteiger partial charge in [-0.05, 0) is 241 Å². The van der Waals surface area contributed by atoms with Gasteiger partial charge in [0.15, 0.2) is 0 Å². The lowest BCUT2D eigenvalue weighted by Gasteiger charge is -2.37. The first-order chi connectivity index (χ1) is 70.1. The normalized spacial score (nSPS) is 13.6. The topological polar surface area (TPSA) is 540 Å². The molecule has 7 aromatic carbocycles. The largest absolute Gasteiger partial charge is 0.508 e. The summed E-state index contributed by atoms with van der Waals surface area (Å²) in [5.74, 6) is -4.94. The van der Waals surface area contributed by atoms with Gasteiger partial charge in [-0.1, -0.05) is 154 Å². The van der Waals surface area contributed by atoms with Crippen molar-refractivity contribution in [1.82, 2.24) is 76.0 Å². The molecule has 0 aliphatic rings. The van der Waals surface area contributed by atoms with Gasteiger partial charge in [-0.2, -0.15) is 0 Å². The number of phenolic OH excluding ortho intramolecular Hbond substituents is 5. The van der Waals surface area contributed by atoms with Crippen molar-refractivity contribution in [3.63, 3.8) is 0 Å². The van der Waals surface area contributed by atoms with Crippen LogP contribution >= 0.6 is 0 Å². The fourth-order valence-corrected chi connectivity index (χ4v) is 17.6. The van der Waals surface area contributed by atoms with Crippen molar-refractivity contribution in [3.05, 3.63) is 218 Å². The van der Waals surface area contributed by atoms with Gasteiger partial charge in [0.05, 0.1) is 30.2 Å². The van der Waals surface area contributed by atoms with Gasteiger partial charge < -0.3 is 124 Å². The van der Waals surface area contributed by atoms with Crippen molar-refractivity contribution >= 4 is 70.9 Å². The van der Waals surface area contributed by atoms with Crippen LogP contribution in [0.4, 0.5) is 8.78 Å². The van der Waals surface area contributed by atoms with Crippen molar-refractivity contribution in [2.75, 3.05) is 119 Å². The Labute approximate surface area is 882 Å². The van der Waals surface area contributed by atoms with Gasteiger partial charge in [0.25, 0.3) is 0 Å². The van der Waals surface area contributed by atoms with E-state index in [2.05, 4.69) is 31.9 Å². The number of phenols is 5. The molecule has 0 saturated heterocycles. The van der Waals surface area contributed by atoms with E-state index >= 15 is 0 Å². The summed E-state index contributed by atoms with van der Waals surface area (Å²) in [7, 11) is 21.6. The number of carbonyl (C=O) groups is 12. The molecule has 12 atom stereocenters. The number of nitrogens with one attached hydrogen (secondary N) is 6. The molecule has 830 valence electrons. The molecule has 40 heteroatoms. The zero-order valence-electron chi connectivity index (χ0n) is 92.2. The number of halogens is 2. The summed E-state index contributed by atoms with van der Waals surface area (Å²) in [4.78, 5) is 168. The molecule has 0 fully saturated rings. The number of aryl methyl sites for hydroxylation is 5. The molecule has 0 aromatic heterocycles. The van der Waals surface area contributed by atoms with E-state index in [0.29, 0.717) is 46.2 Å². The lowest BCUT2D eigenvalue weighted by molar-refractivity contribution is -0.150. The first-order valence-electron chi connectivity index (χ1n) is 49.7. The number of aliphatic hydroxyl groups is 4. The second-order valence-corrected chi connectivity index (χ2v) is 39.8. The van der Waals surface area contributed by atoms with Crippen LogP contribution in [-0.2, 0) is 102 Å². The van der Waals surface area contributed by atoms with Crippen LogP contribution < -0.4 is 43.4 Å². The molecule has 150 heavy (non-hydrogen) atoms. The molecule has 0 bridgehead atoms. The van der Waals surface area contributed by atoms with E-state index in [0.717, 1.165) is 33.4 Å². The SMILES string of the molecule is CN[C@@H](Cc1ccc(F)cc1)C(=O)N(C)[C@H](C(=O)N(C)[C@@H](Cc1ccc(O)c(C)c1)C(=O)NCO)C(C)C.CN[C@H](C(=O)N(C)[C@@H](Cc1ccc(O)c(C)c1)C(=O)NCO)C(C)C.Cc1cc(C[C@@H](C(=O)NCO)N(C)C(=O)[C@H](C(C)C)N(C)C(=O)[C@@H](N)Cc2ccc(F)cc2)ccc1O.Cc1cc(C[C@@H](C(=O)NCO)N(C)C(=O)[C@H](C(C)C)N(C)C)ccc1O.Cc1cc(C[C@@H](C(N)=O)N(C)C(=O)[C@H](C(C)C)N(C)C)ccc1O. The average Bonchev–Trinajstić information content (AvgIpc) is 0.858. The average molecular weight is 2100 g/mol. The highest BCUT2D eigenvalue weighted by Crippen LogP contribution is 2.29. The molecule has 0 aliphatic carbocycles. The number of nitrogens with two attached hydrogens (primary N) is 2. The highest BCUT2D eigenvalue weighted by Gasteiger charge is 2.43. The number of hydrogen-bond donors (Lipinski definition) is 17. The fraction of sp³-hybridized carbons (Fsp3) is 0.509. The molecule has 12 amide bonds. The Morgan fingerprint density at radius 3 is 0.733 bits per heavy atom. The Balaban J connectivity index is 0.000000488. The molecule has 0 spiro atoms. The number of carbonyl (C=O) groups excluding carboxylic acids is 12. The van der Waals surface area contributed by atoms with Crippen LogP contribution in [0.1, 0.15) is 136 Å². The van der Waals surface area contributed by atoms with Crippen LogP contribution in [0.2, 0.25) is 0 Å². The highest BCUT2D eigenvalue weighted by atomic mass is 19.1. The Hall–Kier alpha value is -13.3. The molecule has 7 rings (SSSR count). The second kappa shape index (κ2) is 63.0. The fourth-order valence-electron chi connectivity index (χ4n) is 17.6. The lowest BCUT2D eigenvalue weighted by Crippen LogP contribution is -2.59. The first-order valence-corrected chi connectivity index (χ1v) is 49.7. The molecule has 0 radical (unpaired) electrons. The number of amides is 12. The van der Waals surface area contributed by atoms with Gasteiger partial charge in [-0.25, -0.2) is 8.78 Å². The molecular weight excluding hydrogens is 1930 g/mol. The Bertz CT molecular complexity index is 5550. The Morgan fingerprint density at radius 2 is 0.513 bits per heavy atom. The van der Waals surface area contributed by atoms with Crippen molar-refractivity contribution in [3.8, 4) is 28.7 Å². The monoisotopic (exact) mass is 2100 g/mol. The van der Waals surface area contributed by atoms with Gasteiger partial charge in [-0.15, -0.1) is 0 Å². The minimum atomic E-state index is -0.985. The van der Waals surface area contributed by atoms with Gasteiger partial charge in [-0.3, -0.25) is 67.3 Å². The smallest absolute Gasteiger partial charge is 0.246 e. The van der Waals surface area contributed by atoms with E-state index in [1.54, 1.807) is 194 Å². The first kappa shape index (κ1) is 131. The van der Waals surface area contributed by atoms with Gasteiger partial charge >= 0.3 is 0 Å². The van der Waals surface area contributed by atoms with E-state index in [1.807, 2.05) is 93.4 Å². The third-order valence-corrected chi connectivity index (χ3v) is 26.2. The number of benzene rings is 7. The summed E-state index contributed by atoms with van der Waals surface area (Å²) < 4.78 is 26.5. The van der Waals surface area contributed by atoms with Crippen LogP contribution in [0.15, 0.2) is 140 Å². The predicted molar refractivity (Wildman–Crippen MR) is 572 cm³/mol. The Morgan fingerprint density at radius 1 is 0.287 bits per heavy atom. The number of rotatable bonds is 46. The quantitative estimate of drug-likeness (QED) is 0.0219. The summed E-state index contributed by atoms with van der Waals surface area (Å²) in [6.45, 7) is 25.5. The van der Waals surface area contributed by atoms with E-state index in [-0.39, 0.29) is 132 Å². The summed E-state index contributed by atoms with van der Waals surface area (Å²) in [5.41, 5.74) is 20.4. The van der Waals surface area contributed by atoms with Crippen molar-refractivity contribution in [1.29, 1.82) is 0 Å². The zero-order valence-corrected chi connectivity index (χ0v) is 92.2. The summed E-state index contributed by atoms with van der Waals surface area (Å²) in [6.07, 6.45) is 1.62. The molecule has 38 nitrogen and oxygen atoms in total. The number of aliphatic hydroxyl groups excluding tert-OH is 4. The number of aromatic hydroxyl groups is 5. The third-order valence-electron chi connectivity index (χ3n) is 26.2. The molecule has 0 heterocycles. The summed E-state index contributed by atoms with van der Waals surface area (Å²) in [6, 6.07) is 28.0. The standard InChI is InChI=1S/C28H39FN4O5.C27H37FN4O5.C19H31N3O4.C18H29N3O4.C18H29N3O3/c1-17(2)25(33(6)27(37)22(30-4)14-19-7-10-21(29)11-8-19)28(38)32(5)23(26(36)31-16-34)15-20-9-12-24(35)18(3)13-20;1-16(2)24(32(5)26(36)21(29)13-18-6-9-20(28)10-7-18)27(37)31(4)22(25(35)30-15-33)14-19-8-11-23(34)17(3)12-19;1-12(2)17(21(4)5)19(26)22(6)15(18(25)20-11-23)10-14-7-8-16(24)13(3)9-14;1-11(2)16(19-4)18(25)21(5)14(17(24)20-10-22)9-13-6-7-15(23)12(3)8-13;1-11(2)16(20(4)5)18(24)21(6)14(17(19)23)10-13-7-8-15(22)12(3)9-13/h7-13,17,22-23,25,30,34-35H,14-16H2,1-6H3,(H,31,36);6-12,16,21-22,24,33-34H,13-15,29H2,1-5H3,(H,30,35);7-9,12,15,17,23-24H,10-11H2,1-6H3,(H,20,25);6-8,11,14,16,19,22-23H,9-10H2,1-5H3,(H,20,24);7-9,11,14,16,22H,10H2,1-6H3,(H2,19,23)/t22-,23-,25-;21-,22-,24-;15-,17-;2*14-,16-/m00000/s1. The summed E-state index contributed by atoms with van der Waals surface area (Å²) >= 11 is 0. The molecule has 19 N–H and O–H groups in total. The maximum absolute atomic E-state index is 13.8. The number of hydrogen-bond acceptors (Lipinski definition) is 26. The third kappa shape index (κ3) is 39.2. The van der Waals surface area contributed by atoms with Crippen molar-refractivity contribution in [2.24, 2.45) is 41.1 Å². The van der Waals surface area contributed by atoms with Crippen molar-refractivity contribution < 1.29 is 112 Å². The molecule has 0 saturated carbocycles. The van der Waals surface area contributed by atoms with E-state index < -0.39 is 140 Å². The Kier molecular flexibility index (Phi) is 54.9.